The molecular weight excluding hydrogens is 486 g/mol. The molecule has 1 N–H and O–H groups in total. The number of ether oxygens (including phenoxy) is 1. The third-order valence-corrected chi connectivity index (χ3v) is 7.47. The Hall–Kier alpha value is -3.30. The summed E-state index contributed by atoms with van der Waals surface area (Å²) in [4.78, 5) is 18.2. The Morgan fingerprint density at radius 3 is 2.27 bits per heavy atom. The van der Waals surface area contributed by atoms with Gasteiger partial charge < -0.3 is 10.1 Å². The predicted octanol–water partition coefficient (Wildman–Crippen LogP) is 5.03. The van der Waals surface area contributed by atoms with Gasteiger partial charge in [-0.3, -0.25) is 14.7 Å². The fraction of sp³-hybridized carbons (Fsp3) is 0.357. The summed E-state index contributed by atoms with van der Waals surface area (Å²) in [7, 11) is 0. The number of nitrogens with zero attached hydrogens (tertiary/aromatic N) is 2. The molecule has 1 unspecified atom stereocenters. The molecule has 2 aliphatic rings. The number of likely N-dealkylation sites (tertiary alicyclic amines) is 1. The van der Waals surface area contributed by atoms with Crippen LogP contribution < -0.4 is 5.32 Å². The highest BCUT2D eigenvalue weighted by Gasteiger charge is 2.45. The van der Waals surface area contributed by atoms with Crippen molar-refractivity contribution in [1.29, 1.82) is 0 Å². The normalized spacial score (nSPS) is 18.5. The van der Waals surface area contributed by atoms with Crippen molar-refractivity contribution in [2.75, 3.05) is 13.1 Å². The monoisotopic (exact) mass is 513 g/mol. The van der Waals surface area contributed by atoms with Crippen LogP contribution in [0, 0.1) is 11.6 Å². The fourth-order valence-electron chi connectivity index (χ4n) is 5.51. The van der Waals surface area contributed by atoms with E-state index in [1.807, 2.05) is 0 Å². The molecule has 1 atom stereocenters. The first-order chi connectivity index (χ1) is 17.7. The molecule has 1 spiro atoms. The van der Waals surface area contributed by atoms with E-state index >= 15 is 0 Å². The lowest BCUT2D eigenvalue weighted by Gasteiger charge is -2.39. The van der Waals surface area contributed by atoms with Gasteiger partial charge in [0.15, 0.2) is 5.54 Å². The van der Waals surface area contributed by atoms with E-state index in [1.54, 1.807) is 30.5 Å². The maximum atomic E-state index is 14.6. The zero-order valence-electron chi connectivity index (χ0n) is 20.3. The molecule has 0 radical (unpaired) electrons. The van der Waals surface area contributed by atoms with Crippen molar-refractivity contribution in [3.8, 4) is 0 Å². The average Bonchev–Trinajstić information content (AvgIpc) is 3.24. The summed E-state index contributed by atoms with van der Waals surface area (Å²) < 4.78 is 62.8. The van der Waals surface area contributed by atoms with E-state index in [4.69, 9.17) is 4.74 Å². The first-order valence-corrected chi connectivity index (χ1v) is 12.1. The standard InChI is InChI=1S/C28H27F4N3O2/c1-18(36)34-28(26(31)32,21-6-8-22(29)9-7-21)20-4-2-19(3-5-20)16-35-12-10-27(11-13-35)24-14-33-15-25(30)23(24)17-37-27/h2-9,14-15,26H,10-13,16-17H2,1H3,(H,34,36). The highest BCUT2D eigenvalue weighted by atomic mass is 19.3. The van der Waals surface area contributed by atoms with Crippen molar-refractivity contribution in [2.45, 2.75) is 50.5 Å². The van der Waals surface area contributed by atoms with Gasteiger partial charge in [-0.1, -0.05) is 36.4 Å². The van der Waals surface area contributed by atoms with Gasteiger partial charge in [0, 0.05) is 43.9 Å². The number of piperidine rings is 1. The van der Waals surface area contributed by atoms with Gasteiger partial charge in [-0.2, -0.15) is 0 Å². The average molecular weight is 514 g/mol. The molecule has 9 heteroatoms. The highest BCUT2D eigenvalue weighted by Crippen LogP contribution is 2.44. The van der Waals surface area contributed by atoms with E-state index in [0.29, 0.717) is 24.9 Å². The highest BCUT2D eigenvalue weighted by molar-refractivity contribution is 5.75. The molecule has 1 amide bonds. The van der Waals surface area contributed by atoms with E-state index in [-0.39, 0.29) is 23.6 Å². The van der Waals surface area contributed by atoms with Crippen LogP contribution >= 0.6 is 0 Å². The number of benzene rings is 2. The quantitative estimate of drug-likeness (QED) is 0.470. The van der Waals surface area contributed by atoms with Crippen molar-refractivity contribution in [1.82, 2.24) is 15.2 Å². The Bertz CT molecular complexity index is 1280. The molecule has 0 saturated carbocycles. The second-order valence-electron chi connectivity index (χ2n) is 9.70. The van der Waals surface area contributed by atoms with Crippen molar-refractivity contribution in [3.05, 3.63) is 100 Å². The van der Waals surface area contributed by atoms with E-state index in [9.17, 15) is 22.4 Å². The molecule has 0 bridgehead atoms. The minimum atomic E-state index is -2.97. The Morgan fingerprint density at radius 2 is 1.68 bits per heavy atom. The lowest BCUT2D eigenvalue weighted by Crippen LogP contribution is -2.51. The first-order valence-electron chi connectivity index (χ1n) is 12.1. The summed E-state index contributed by atoms with van der Waals surface area (Å²) in [5, 5.41) is 2.42. The number of amides is 1. The third kappa shape index (κ3) is 4.62. The SMILES string of the molecule is CC(=O)NC(c1ccc(F)cc1)(c1ccc(CN2CCC3(CC2)OCc2c(F)cncc23)cc1)C(F)F. The van der Waals surface area contributed by atoms with Gasteiger partial charge in [0.1, 0.15) is 11.6 Å². The predicted molar refractivity (Wildman–Crippen MR) is 129 cm³/mol. The zero-order chi connectivity index (χ0) is 26.2. The summed E-state index contributed by atoms with van der Waals surface area (Å²) in [5.41, 5.74) is 0.0131. The summed E-state index contributed by atoms with van der Waals surface area (Å²) in [5.74, 6) is -1.51. The number of halogens is 4. The van der Waals surface area contributed by atoms with E-state index in [1.165, 1.54) is 25.3 Å². The van der Waals surface area contributed by atoms with Gasteiger partial charge in [0.25, 0.3) is 6.43 Å². The number of nitrogens with one attached hydrogen (secondary N) is 1. The molecule has 1 fully saturated rings. The Morgan fingerprint density at radius 1 is 1.05 bits per heavy atom. The number of carbonyl (C=O) groups excluding carboxylic acids is 1. The maximum Gasteiger partial charge on any atom is 0.269 e. The van der Waals surface area contributed by atoms with Crippen molar-refractivity contribution >= 4 is 5.91 Å². The molecule has 2 aliphatic heterocycles. The number of hydrogen-bond donors (Lipinski definition) is 1. The van der Waals surface area contributed by atoms with E-state index < -0.39 is 29.3 Å². The molecule has 1 saturated heterocycles. The summed E-state index contributed by atoms with van der Waals surface area (Å²) in [6.07, 6.45) is 1.34. The van der Waals surface area contributed by atoms with E-state index in [0.717, 1.165) is 36.3 Å². The van der Waals surface area contributed by atoms with Gasteiger partial charge in [0.05, 0.1) is 18.4 Å². The van der Waals surface area contributed by atoms with Crippen LogP contribution in [0.2, 0.25) is 0 Å². The molecule has 2 aromatic carbocycles. The molecule has 5 rings (SSSR count). The lowest BCUT2D eigenvalue weighted by atomic mass is 9.82. The summed E-state index contributed by atoms with van der Waals surface area (Å²) >= 11 is 0. The molecule has 3 heterocycles. The van der Waals surface area contributed by atoms with Crippen LogP contribution in [0.1, 0.15) is 47.6 Å². The van der Waals surface area contributed by atoms with Gasteiger partial charge in [-0.25, -0.2) is 17.6 Å². The number of hydrogen-bond acceptors (Lipinski definition) is 4. The molecule has 3 aromatic rings. The second-order valence-corrected chi connectivity index (χ2v) is 9.70. The topological polar surface area (TPSA) is 54.5 Å². The minimum absolute atomic E-state index is 0.0935. The van der Waals surface area contributed by atoms with E-state index in [2.05, 4.69) is 15.2 Å². The molecular formula is C28H27F4N3O2. The summed E-state index contributed by atoms with van der Waals surface area (Å²) in [6, 6.07) is 11.4. The molecule has 37 heavy (non-hydrogen) atoms. The summed E-state index contributed by atoms with van der Waals surface area (Å²) in [6.45, 7) is 3.47. The Balaban J connectivity index is 1.33. The fourth-order valence-corrected chi connectivity index (χ4v) is 5.51. The smallest absolute Gasteiger partial charge is 0.269 e. The maximum absolute atomic E-state index is 14.6. The van der Waals surface area contributed by atoms with Crippen molar-refractivity contribution in [3.63, 3.8) is 0 Å². The number of aromatic nitrogens is 1. The number of pyridine rings is 1. The molecule has 1 aromatic heterocycles. The Kier molecular flexibility index (Phi) is 6.76. The van der Waals surface area contributed by atoms with Crippen LogP contribution in [0.4, 0.5) is 17.6 Å². The second kappa shape index (κ2) is 9.87. The number of fused-ring (bicyclic) bond motifs is 2. The van der Waals surface area contributed by atoms with Crippen LogP contribution in [-0.4, -0.2) is 35.3 Å². The van der Waals surface area contributed by atoms with Gasteiger partial charge in [-0.05, 0) is 41.7 Å². The van der Waals surface area contributed by atoms with Crippen molar-refractivity contribution in [2.24, 2.45) is 0 Å². The van der Waals surface area contributed by atoms with Gasteiger partial charge in [-0.15, -0.1) is 0 Å². The first kappa shape index (κ1) is 25.4. The van der Waals surface area contributed by atoms with Crippen LogP contribution in [0.25, 0.3) is 0 Å². The largest absolute Gasteiger partial charge is 0.365 e. The molecule has 194 valence electrons. The van der Waals surface area contributed by atoms with Gasteiger partial charge >= 0.3 is 0 Å². The Labute approximate surface area is 212 Å². The number of rotatable bonds is 6. The molecule has 0 aliphatic carbocycles. The molecule has 5 nitrogen and oxygen atoms in total. The van der Waals surface area contributed by atoms with Crippen LogP contribution in [0.15, 0.2) is 60.9 Å². The lowest BCUT2D eigenvalue weighted by molar-refractivity contribution is -0.122. The third-order valence-electron chi connectivity index (χ3n) is 7.47. The zero-order valence-corrected chi connectivity index (χ0v) is 20.3. The van der Waals surface area contributed by atoms with Crippen molar-refractivity contribution < 1.29 is 27.1 Å². The van der Waals surface area contributed by atoms with Crippen LogP contribution in [0.5, 0.6) is 0 Å². The minimum Gasteiger partial charge on any atom is -0.365 e. The van der Waals surface area contributed by atoms with Crippen LogP contribution in [0.3, 0.4) is 0 Å². The number of alkyl halides is 2. The van der Waals surface area contributed by atoms with Gasteiger partial charge in [0.2, 0.25) is 5.91 Å². The number of carbonyl (C=O) groups is 1. The van der Waals surface area contributed by atoms with Crippen LogP contribution in [-0.2, 0) is 33.8 Å².